The standard InChI is InChI=1S/C20H25ClN6O8P2/c1-33-37(32,10-36(29,30)31)34-9-15-14(28)8-16(35-15)27-19-17(25-26-27)18(23-20(21)24-19)22-13-7-6-11-4-2-3-5-12(11)13/h2-5,13-16,28H,6-10H2,1H3,(H,22,23,24)(H2,29,30,31)/t13-,14-,15+,16+,37?/m0/s1. The van der Waals surface area contributed by atoms with Gasteiger partial charge in [-0.1, -0.05) is 29.5 Å². The molecule has 1 unspecified atom stereocenters. The Kier molecular flexibility index (Phi) is 7.40. The van der Waals surface area contributed by atoms with Gasteiger partial charge in [0.25, 0.3) is 0 Å². The van der Waals surface area contributed by atoms with E-state index in [1.165, 1.54) is 15.8 Å². The van der Waals surface area contributed by atoms with E-state index in [0.717, 1.165) is 20.0 Å². The smallest absolute Gasteiger partial charge is 0.342 e. The van der Waals surface area contributed by atoms with Crippen molar-refractivity contribution in [3.05, 3.63) is 40.7 Å². The number of halogens is 1. The number of nitrogens with zero attached hydrogens (tertiary/aromatic N) is 5. The quantitative estimate of drug-likeness (QED) is 0.215. The van der Waals surface area contributed by atoms with E-state index in [9.17, 15) is 14.2 Å². The van der Waals surface area contributed by atoms with Gasteiger partial charge in [-0.3, -0.25) is 9.13 Å². The van der Waals surface area contributed by atoms with Crippen molar-refractivity contribution in [2.24, 2.45) is 0 Å². The SMILES string of the molecule is COP(=O)(CP(=O)(O)O)OC[C@H]1O[C@@H](n2nnc3c(N[C@H]4CCc5ccccc54)nc(Cl)nc32)C[C@@H]1O. The van der Waals surface area contributed by atoms with Gasteiger partial charge in [0, 0.05) is 13.5 Å². The molecule has 1 aliphatic carbocycles. The van der Waals surface area contributed by atoms with Gasteiger partial charge in [0.2, 0.25) is 5.28 Å². The van der Waals surface area contributed by atoms with Crippen molar-refractivity contribution in [2.45, 2.75) is 43.7 Å². The number of hydrogen-bond acceptors (Lipinski definition) is 11. The summed E-state index contributed by atoms with van der Waals surface area (Å²) in [5, 5.41) is 22.2. The van der Waals surface area contributed by atoms with Crippen LogP contribution in [0.1, 0.15) is 36.2 Å². The highest BCUT2D eigenvalue weighted by Gasteiger charge is 2.40. The Balaban J connectivity index is 1.33. The maximum atomic E-state index is 12.5. The summed E-state index contributed by atoms with van der Waals surface area (Å²) in [4.78, 5) is 26.8. The molecule has 3 aromatic rings. The zero-order chi connectivity index (χ0) is 26.4. The van der Waals surface area contributed by atoms with E-state index >= 15 is 0 Å². The third kappa shape index (κ3) is 5.73. The summed E-state index contributed by atoms with van der Waals surface area (Å²) in [5.74, 6) is -0.674. The van der Waals surface area contributed by atoms with Gasteiger partial charge >= 0.3 is 15.2 Å². The molecule has 1 aromatic carbocycles. The van der Waals surface area contributed by atoms with Crippen LogP contribution in [0.5, 0.6) is 0 Å². The molecule has 200 valence electrons. The molecule has 4 N–H and O–H groups in total. The van der Waals surface area contributed by atoms with Gasteiger partial charge in [-0.05, 0) is 35.6 Å². The van der Waals surface area contributed by atoms with Crippen molar-refractivity contribution in [3.8, 4) is 0 Å². The molecule has 0 bridgehead atoms. The van der Waals surface area contributed by atoms with Gasteiger partial charge in [-0.25, -0.2) is 0 Å². The fraction of sp³-hybridized carbons (Fsp3) is 0.500. The molecule has 3 heterocycles. The van der Waals surface area contributed by atoms with Crippen molar-refractivity contribution in [2.75, 3.05) is 24.9 Å². The number of benzene rings is 1. The summed E-state index contributed by atoms with van der Waals surface area (Å²) in [5.41, 5.74) is 3.10. The third-order valence-electron chi connectivity index (χ3n) is 6.29. The van der Waals surface area contributed by atoms with Crippen LogP contribution < -0.4 is 5.32 Å². The molecule has 37 heavy (non-hydrogen) atoms. The Labute approximate surface area is 216 Å². The molecule has 2 aromatic heterocycles. The Bertz CT molecular complexity index is 1400. The molecular formula is C20H25ClN6O8P2. The maximum absolute atomic E-state index is 12.5. The second-order valence-corrected chi connectivity index (χ2v) is 13.5. The third-order valence-corrected chi connectivity index (χ3v) is 10.4. The van der Waals surface area contributed by atoms with Crippen molar-refractivity contribution in [3.63, 3.8) is 0 Å². The molecule has 0 radical (unpaired) electrons. The lowest BCUT2D eigenvalue weighted by Gasteiger charge is -2.20. The van der Waals surface area contributed by atoms with Crippen LogP contribution in [0.4, 0.5) is 5.82 Å². The van der Waals surface area contributed by atoms with E-state index in [0.29, 0.717) is 11.3 Å². The van der Waals surface area contributed by atoms with Crippen molar-refractivity contribution >= 4 is 43.8 Å². The predicted molar refractivity (Wildman–Crippen MR) is 131 cm³/mol. The minimum Gasteiger partial charge on any atom is -0.390 e. The van der Waals surface area contributed by atoms with Crippen LogP contribution in [-0.2, 0) is 29.3 Å². The molecule has 0 spiro atoms. The summed E-state index contributed by atoms with van der Waals surface area (Å²) in [7, 11) is -7.76. The monoisotopic (exact) mass is 574 g/mol. The first-order valence-corrected chi connectivity index (χ1v) is 15.3. The van der Waals surface area contributed by atoms with Crippen LogP contribution in [-0.4, -0.2) is 71.7 Å². The number of fused-ring (bicyclic) bond motifs is 2. The fourth-order valence-corrected chi connectivity index (χ4v) is 7.79. The topological polar surface area (TPSA) is 191 Å². The highest BCUT2D eigenvalue weighted by molar-refractivity contribution is 7.70. The Morgan fingerprint density at radius 3 is 2.81 bits per heavy atom. The van der Waals surface area contributed by atoms with Crippen LogP contribution >= 0.6 is 26.8 Å². The van der Waals surface area contributed by atoms with Gasteiger partial charge in [0.15, 0.2) is 29.1 Å². The van der Waals surface area contributed by atoms with Crippen molar-refractivity contribution < 1.29 is 37.8 Å². The first-order chi connectivity index (χ1) is 17.5. The normalized spacial score (nSPS) is 25.3. The Morgan fingerprint density at radius 1 is 1.27 bits per heavy atom. The minimum atomic E-state index is -4.67. The molecule has 0 amide bonds. The number of aromatic nitrogens is 5. The summed E-state index contributed by atoms with van der Waals surface area (Å²) in [6.45, 7) is -0.431. The lowest BCUT2D eigenvalue weighted by molar-refractivity contribution is -0.0444. The summed E-state index contributed by atoms with van der Waals surface area (Å²) < 4.78 is 40.8. The summed E-state index contributed by atoms with van der Waals surface area (Å²) in [6, 6.07) is 8.17. The lowest BCUT2D eigenvalue weighted by atomic mass is 10.1. The summed E-state index contributed by atoms with van der Waals surface area (Å²) >= 11 is 6.22. The van der Waals surface area contributed by atoms with Gasteiger partial charge in [0.1, 0.15) is 6.10 Å². The van der Waals surface area contributed by atoms with Crippen LogP contribution in [0, 0.1) is 0 Å². The molecule has 5 rings (SSSR count). The van der Waals surface area contributed by atoms with Gasteiger partial charge in [0.05, 0.1) is 18.8 Å². The van der Waals surface area contributed by atoms with Crippen LogP contribution in [0.15, 0.2) is 24.3 Å². The lowest BCUT2D eigenvalue weighted by Crippen LogP contribution is -2.26. The highest BCUT2D eigenvalue weighted by Crippen LogP contribution is 2.58. The number of aryl methyl sites for hydroxylation is 1. The van der Waals surface area contributed by atoms with E-state index in [1.54, 1.807) is 0 Å². The Hall–Kier alpha value is -1.99. The number of aliphatic hydroxyl groups excluding tert-OH is 1. The molecule has 17 heteroatoms. The predicted octanol–water partition coefficient (Wildman–Crippen LogP) is 2.61. The largest absolute Gasteiger partial charge is 0.390 e. The molecule has 1 aliphatic heterocycles. The number of hydrogen-bond donors (Lipinski definition) is 4. The zero-order valence-electron chi connectivity index (χ0n) is 19.5. The number of nitrogens with one attached hydrogen (secondary N) is 1. The minimum absolute atomic E-state index is 0.0196. The summed E-state index contributed by atoms with van der Waals surface area (Å²) in [6.07, 6.45) is -0.969. The van der Waals surface area contributed by atoms with E-state index in [1.807, 2.05) is 12.1 Å². The molecule has 2 aliphatic rings. The first-order valence-electron chi connectivity index (χ1n) is 11.4. The maximum Gasteiger partial charge on any atom is 0.342 e. The first kappa shape index (κ1) is 26.6. The van der Waals surface area contributed by atoms with Crippen LogP contribution in [0.25, 0.3) is 11.2 Å². The number of aliphatic hydroxyl groups is 1. The van der Waals surface area contributed by atoms with E-state index < -0.39 is 46.1 Å². The van der Waals surface area contributed by atoms with Gasteiger partial charge in [-0.2, -0.15) is 14.6 Å². The number of ether oxygens (including phenoxy) is 1. The van der Waals surface area contributed by atoms with Crippen molar-refractivity contribution in [1.29, 1.82) is 0 Å². The second kappa shape index (κ2) is 10.3. The van der Waals surface area contributed by atoms with Gasteiger partial charge in [-0.15, -0.1) is 5.10 Å². The Morgan fingerprint density at radius 2 is 2.05 bits per heavy atom. The average Bonchev–Trinajstić information content (AvgIpc) is 3.54. The molecular weight excluding hydrogens is 550 g/mol. The highest BCUT2D eigenvalue weighted by atomic mass is 35.5. The molecule has 1 saturated heterocycles. The average molecular weight is 575 g/mol. The van der Waals surface area contributed by atoms with E-state index in [4.69, 9.17) is 35.2 Å². The van der Waals surface area contributed by atoms with E-state index in [2.05, 4.69) is 37.7 Å². The molecule has 14 nitrogen and oxygen atoms in total. The molecule has 5 atom stereocenters. The number of anilines is 1. The van der Waals surface area contributed by atoms with Crippen LogP contribution in [0.3, 0.4) is 0 Å². The van der Waals surface area contributed by atoms with Gasteiger partial charge < -0.3 is 34.0 Å². The second-order valence-electron chi connectivity index (χ2n) is 8.81. The molecule has 1 fully saturated rings. The molecule has 0 saturated carbocycles. The van der Waals surface area contributed by atoms with Crippen LogP contribution in [0.2, 0.25) is 5.28 Å². The number of rotatable bonds is 9. The van der Waals surface area contributed by atoms with E-state index in [-0.39, 0.29) is 23.4 Å². The fourth-order valence-electron chi connectivity index (χ4n) is 4.55. The zero-order valence-corrected chi connectivity index (χ0v) is 22.1. The van der Waals surface area contributed by atoms with Crippen molar-refractivity contribution in [1.82, 2.24) is 25.0 Å².